The van der Waals surface area contributed by atoms with Crippen molar-refractivity contribution in [2.75, 3.05) is 12.8 Å². The molecule has 0 saturated carbocycles. The minimum absolute atomic E-state index is 0.122. The van der Waals surface area contributed by atoms with E-state index in [1.807, 2.05) is 0 Å². The van der Waals surface area contributed by atoms with Crippen LogP contribution in [-0.4, -0.2) is 31.6 Å². The molecule has 0 bridgehead atoms. The predicted octanol–water partition coefficient (Wildman–Crippen LogP) is 0.960. The molecule has 14 heavy (non-hydrogen) atoms. The van der Waals surface area contributed by atoms with Gasteiger partial charge in [0, 0.05) is 12.6 Å². The number of nitriles is 1. The van der Waals surface area contributed by atoms with E-state index in [4.69, 9.17) is 5.26 Å². The molecule has 0 N–H and O–H groups in total. The van der Waals surface area contributed by atoms with Crippen LogP contribution in [0.25, 0.3) is 0 Å². The Labute approximate surface area is 85.6 Å². The zero-order valence-corrected chi connectivity index (χ0v) is 9.42. The summed E-state index contributed by atoms with van der Waals surface area (Å²) in [5, 5.41) is 8.80. The van der Waals surface area contributed by atoms with E-state index in [2.05, 4.69) is 6.07 Å². The monoisotopic (exact) mass is 216 g/mol. The van der Waals surface area contributed by atoms with Crippen molar-refractivity contribution in [3.05, 3.63) is 0 Å². The first-order valence-electron chi connectivity index (χ1n) is 4.83. The van der Waals surface area contributed by atoms with Gasteiger partial charge in [-0.1, -0.05) is 6.42 Å². The Hall–Kier alpha value is -0.600. The summed E-state index contributed by atoms with van der Waals surface area (Å²) in [5.74, 6) is -0.218. The number of sulfonamides is 1. The lowest BCUT2D eigenvalue weighted by Gasteiger charge is -2.34. The maximum absolute atomic E-state index is 11.4. The van der Waals surface area contributed by atoms with E-state index < -0.39 is 10.0 Å². The molecule has 1 saturated heterocycles. The SMILES string of the molecule is CC(C#N)C1CCCCN1S(C)(=O)=O. The molecular formula is C9H16N2O2S. The first-order chi connectivity index (χ1) is 6.46. The van der Waals surface area contributed by atoms with Crippen LogP contribution in [-0.2, 0) is 10.0 Å². The molecule has 2 unspecified atom stereocenters. The summed E-state index contributed by atoms with van der Waals surface area (Å²) in [5.41, 5.74) is 0. The lowest BCUT2D eigenvalue weighted by molar-refractivity contribution is 0.220. The van der Waals surface area contributed by atoms with E-state index in [1.54, 1.807) is 6.92 Å². The van der Waals surface area contributed by atoms with Crippen LogP contribution < -0.4 is 0 Å². The summed E-state index contributed by atoms with van der Waals surface area (Å²) < 4.78 is 24.3. The molecule has 1 aliphatic heterocycles. The fraction of sp³-hybridized carbons (Fsp3) is 0.889. The van der Waals surface area contributed by atoms with E-state index in [-0.39, 0.29) is 12.0 Å². The average Bonchev–Trinajstić information content (AvgIpc) is 2.15. The molecule has 0 aliphatic carbocycles. The third-order valence-electron chi connectivity index (χ3n) is 2.71. The van der Waals surface area contributed by atoms with Gasteiger partial charge >= 0.3 is 0 Å². The van der Waals surface area contributed by atoms with Crippen molar-refractivity contribution in [3.8, 4) is 6.07 Å². The van der Waals surface area contributed by atoms with Crippen LogP contribution in [0.3, 0.4) is 0 Å². The molecule has 0 aromatic rings. The van der Waals surface area contributed by atoms with E-state index >= 15 is 0 Å². The van der Waals surface area contributed by atoms with Gasteiger partial charge in [-0.05, 0) is 19.8 Å². The van der Waals surface area contributed by atoms with E-state index in [0.29, 0.717) is 6.54 Å². The quantitative estimate of drug-likeness (QED) is 0.690. The van der Waals surface area contributed by atoms with Gasteiger partial charge in [-0.3, -0.25) is 0 Å². The van der Waals surface area contributed by atoms with Gasteiger partial charge in [0.05, 0.1) is 18.2 Å². The molecule has 1 rings (SSSR count). The van der Waals surface area contributed by atoms with Crippen molar-refractivity contribution in [2.24, 2.45) is 5.92 Å². The first kappa shape index (κ1) is 11.5. The highest BCUT2D eigenvalue weighted by Gasteiger charge is 2.32. The number of piperidine rings is 1. The Balaban J connectivity index is 2.86. The minimum Gasteiger partial charge on any atom is -0.212 e. The lowest BCUT2D eigenvalue weighted by atomic mass is 9.95. The number of nitrogens with zero attached hydrogens (tertiary/aromatic N) is 2. The van der Waals surface area contributed by atoms with Gasteiger partial charge in [-0.2, -0.15) is 9.57 Å². The molecule has 4 nitrogen and oxygen atoms in total. The third kappa shape index (κ3) is 2.46. The van der Waals surface area contributed by atoms with Crippen LogP contribution >= 0.6 is 0 Å². The van der Waals surface area contributed by atoms with Crippen LogP contribution in [0.15, 0.2) is 0 Å². The molecule has 0 amide bonds. The summed E-state index contributed by atoms with van der Waals surface area (Å²) >= 11 is 0. The highest BCUT2D eigenvalue weighted by molar-refractivity contribution is 7.88. The molecule has 1 fully saturated rings. The van der Waals surface area contributed by atoms with E-state index in [1.165, 1.54) is 10.6 Å². The van der Waals surface area contributed by atoms with Gasteiger partial charge in [0.1, 0.15) is 0 Å². The topological polar surface area (TPSA) is 61.2 Å². The maximum Gasteiger partial charge on any atom is 0.211 e. The second kappa shape index (κ2) is 4.28. The lowest BCUT2D eigenvalue weighted by Crippen LogP contribution is -2.46. The minimum atomic E-state index is -3.15. The Kier molecular flexibility index (Phi) is 3.51. The van der Waals surface area contributed by atoms with Gasteiger partial charge in [-0.15, -0.1) is 0 Å². The molecule has 0 aromatic heterocycles. The third-order valence-corrected chi connectivity index (χ3v) is 4.01. The van der Waals surface area contributed by atoms with Crippen LogP contribution in [0.2, 0.25) is 0 Å². The van der Waals surface area contributed by atoms with Crippen molar-refractivity contribution in [2.45, 2.75) is 32.2 Å². The van der Waals surface area contributed by atoms with E-state index in [9.17, 15) is 8.42 Å². The zero-order valence-electron chi connectivity index (χ0n) is 8.60. The zero-order chi connectivity index (χ0) is 10.8. The van der Waals surface area contributed by atoms with Crippen molar-refractivity contribution < 1.29 is 8.42 Å². The Morgan fingerprint density at radius 2 is 2.14 bits per heavy atom. The van der Waals surface area contributed by atoms with Gasteiger partial charge in [0.15, 0.2) is 0 Å². The highest BCUT2D eigenvalue weighted by Crippen LogP contribution is 2.24. The van der Waals surface area contributed by atoms with Crippen molar-refractivity contribution in [1.29, 1.82) is 5.26 Å². The fourth-order valence-corrected chi connectivity index (χ4v) is 3.17. The second-order valence-electron chi connectivity index (χ2n) is 3.85. The molecule has 2 atom stereocenters. The van der Waals surface area contributed by atoms with Crippen LogP contribution in [0, 0.1) is 17.2 Å². The molecular weight excluding hydrogens is 200 g/mol. The van der Waals surface area contributed by atoms with E-state index in [0.717, 1.165) is 19.3 Å². The largest absolute Gasteiger partial charge is 0.212 e. The fourth-order valence-electron chi connectivity index (χ4n) is 1.93. The summed E-state index contributed by atoms with van der Waals surface area (Å²) in [6, 6.07) is 2.01. The molecule has 0 aromatic carbocycles. The molecule has 0 spiro atoms. The van der Waals surface area contributed by atoms with Gasteiger partial charge < -0.3 is 0 Å². The normalized spacial score (nSPS) is 26.8. The molecule has 0 radical (unpaired) electrons. The average molecular weight is 216 g/mol. The second-order valence-corrected chi connectivity index (χ2v) is 5.79. The van der Waals surface area contributed by atoms with Gasteiger partial charge in [-0.25, -0.2) is 8.42 Å². The van der Waals surface area contributed by atoms with Crippen LogP contribution in [0.5, 0.6) is 0 Å². The maximum atomic E-state index is 11.4. The molecule has 1 heterocycles. The molecule has 1 aliphatic rings. The highest BCUT2D eigenvalue weighted by atomic mass is 32.2. The number of hydrogen-bond acceptors (Lipinski definition) is 3. The number of rotatable bonds is 2. The molecule has 80 valence electrons. The Bertz CT molecular complexity index is 331. The van der Waals surface area contributed by atoms with Crippen LogP contribution in [0.4, 0.5) is 0 Å². The summed E-state index contributed by atoms with van der Waals surface area (Å²) in [6.07, 6.45) is 3.95. The van der Waals surface area contributed by atoms with Crippen molar-refractivity contribution in [3.63, 3.8) is 0 Å². The van der Waals surface area contributed by atoms with Crippen LogP contribution in [0.1, 0.15) is 26.2 Å². The van der Waals surface area contributed by atoms with Gasteiger partial charge in [0.25, 0.3) is 0 Å². The Morgan fingerprint density at radius 3 is 2.64 bits per heavy atom. The smallest absolute Gasteiger partial charge is 0.211 e. The Morgan fingerprint density at radius 1 is 1.50 bits per heavy atom. The summed E-state index contributed by atoms with van der Waals surface area (Å²) in [4.78, 5) is 0. The first-order valence-corrected chi connectivity index (χ1v) is 6.68. The summed E-state index contributed by atoms with van der Waals surface area (Å²) in [6.45, 7) is 2.35. The standard InChI is InChI=1S/C9H16N2O2S/c1-8(7-10)9-5-3-4-6-11(9)14(2,12)13/h8-9H,3-6H2,1-2H3. The molecule has 5 heteroatoms. The van der Waals surface area contributed by atoms with Crippen molar-refractivity contribution >= 4 is 10.0 Å². The number of hydrogen-bond donors (Lipinski definition) is 0. The summed E-state index contributed by atoms with van der Waals surface area (Å²) in [7, 11) is -3.15. The predicted molar refractivity (Wildman–Crippen MR) is 54.0 cm³/mol. The van der Waals surface area contributed by atoms with Crippen molar-refractivity contribution in [1.82, 2.24) is 4.31 Å². The van der Waals surface area contributed by atoms with Gasteiger partial charge in [0.2, 0.25) is 10.0 Å².